The highest BCUT2D eigenvalue weighted by Crippen LogP contribution is 2.34. The van der Waals surface area contributed by atoms with E-state index in [0.717, 1.165) is 19.3 Å². The Morgan fingerprint density at radius 3 is 2.53 bits per heavy atom. The van der Waals surface area contributed by atoms with Crippen LogP contribution in [0.15, 0.2) is 0 Å². The molecular weight excluding hydrogens is 224 g/mol. The summed E-state index contributed by atoms with van der Waals surface area (Å²) < 4.78 is 4.90. The monoisotopic (exact) mass is 244 g/mol. The van der Waals surface area contributed by atoms with E-state index in [9.17, 15) is 9.59 Å². The van der Waals surface area contributed by atoms with Crippen LogP contribution in [0, 0.1) is 0 Å². The lowest BCUT2D eigenvalue weighted by atomic mass is 9.74. The van der Waals surface area contributed by atoms with Gasteiger partial charge in [0.15, 0.2) is 0 Å². The van der Waals surface area contributed by atoms with Crippen molar-refractivity contribution in [3.05, 3.63) is 0 Å². The van der Waals surface area contributed by atoms with Gasteiger partial charge >= 0.3 is 12.0 Å². The van der Waals surface area contributed by atoms with Crippen molar-refractivity contribution in [3.8, 4) is 0 Å². The van der Waals surface area contributed by atoms with Crippen molar-refractivity contribution in [2.24, 2.45) is 0 Å². The zero-order valence-corrected chi connectivity index (χ0v) is 10.3. The summed E-state index contributed by atoms with van der Waals surface area (Å²) in [4.78, 5) is 22.4. The second-order valence-electron chi connectivity index (χ2n) is 4.66. The van der Waals surface area contributed by atoms with E-state index in [1.165, 1.54) is 0 Å². The first-order chi connectivity index (χ1) is 7.97. The van der Waals surface area contributed by atoms with Crippen molar-refractivity contribution in [1.82, 2.24) is 10.6 Å². The summed E-state index contributed by atoms with van der Waals surface area (Å²) in [6.45, 7) is 2.26. The summed E-state index contributed by atoms with van der Waals surface area (Å²) in [6, 6.07) is -0.419. The van der Waals surface area contributed by atoms with E-state index in [1.807, 2.05) is 6.92 Å². The molecule has 1 rings (SSSR count). The second kappa shape index (κ2) is 5.86. The fourth-order valence-corrected chi connectivity index (χ4v) is 2.03. The molecule has 0 heterocycles. The fourth-order valence-electron chi connectivity index (χ4n) is 2.03. The zero-order chi connectivity index (χ0) is 12.9. The van der Waals surface area contributed by atoms with E-state index in [1.54, 1.807) is 7.11 Å². The number of carboxylic acid groups (broad SMARTS) is 1. The highest BCUT2D eigenvalue weighted by atomic mass is 16.5. The molecule has 1 atom stereocenters. The standard InChI is InChI=1S/C11H20N2O4/c1-8(7-17-2)12-10(16)13-11(4-3-5-11)6-9(14)15/h8H,3-7H2,1-2H3,(H,14,15)(H2,12,13,16). The molecular formula is C11H20N2O4. The topological polar surface area (TPSA) is 87.7 Å². The smallest absolute Gasteiger partial charge is 0.315 e. The highest BCUT2D eigenvalue weighted by molar-refractivity contribution is 5.77. The Morgan fingerprint density at radius 1 is 1.47 bits per heavy atom. The highest BCUT2D eigenvalue weighted by Gasteiger charge is 2.40. The number of carbonyl (C=O) groups excluding carboxylic acids is 1. The van der Waals surface area contributed by atoms with Crippen LogP contribution in [0.1, 0.15) is 32.6 Å². The van der Waals surface area contributed by atoms with Gasteiger partial charge in [0.05, 0.1) is 24.6 Å². The zero-order valence-electron chi connectivity index (χ0n) is 10.3. The average Bonchev–Trinajstić information content (AvgIpc) is 2.13. The SMILES string of the molecule is COCC(C)NC(=O)NC1(CC(=O)O)CCC1. The summed E-state index contributed by atoms with van der Waals surface area (Å²) >= 11 is 0. The molecule has 0 aromatic heterocycles. The predicted octanol–water partition coefficient (Wildman–Crippen LogP) is 0.718. The number of methoxy groups -OCH3 is 1. The quantitative estimate of drug-likeness (QED) is 0.642. The molecule has 1 unspecified atom stereocenters. The van der Waals surface area contributed by atoms with Gasteiger partial charge in [-0.15, -0.1) is 0 Å². The molecule has 1 fully saturated rings. The van der Waals surface area contributed by atoms with Gasteiger partial charge in [-0.1, -0.05) is 0 Å². The molecule has 0 saturated heterocycles. The van der Waals surface area contributed by atoms with Gasteiger partial charge in [-0.2, -0.15) is 0 Å². The minimum atomic E-state index is -0.880. The lowest BCUT2D eigenvalue weighted by Gasteiger charge is -2.41. The third-order valence-electron chi connectivity index (χ3n) is 2.97. The first-order valence-corrected chi connectivity index (χ1v) is 5.77. The lowest BCUT2D eigenvalue weighted by molar-refractivity contribution is -0.139. The van der Waals surface area contributed by atoms with Crippen LogP contribution in [0.4, 0.5) is 4.79 Å². The molecule has 98 valence electrons. The lowest BCUT2D eigenvalue weighted by Crippen LogP contribution is -2.58. The number of hydrogen-bond donors (Lipinski definition) is 3. The number of nitrogens with one attached hydrogen (secondary N) is 2. The molecule has 1 aliphatic carbocycles. The van der Waals surface area contributed by atoms with E-state index in [0.29, 0.717) is 6.61 Å². The molecule has 3 N–H and O–H groups in total. The first kappa shape index (κ1) is 13.8. The molecule has 1 aliphatic rings. The Bertz CT molecular complexity index is 289. The molecule has 0 spiro atoms. The van der Waals surface area contributed by atoms with Crippen molar-refractivity contribution in [1.29, 1.82) is 0 Å². The number of hydrogen-bond acceptors (Lipinski definition) is 3. The number of ether oxygens (including phenoxy) is 1. The van der Waals surface area contributed by atoms with Crippen LogP contribution in [0.25, 0.3) is 0 Å². The average molecular weight is 244 g/mol. The van der Waals surface area contributed by atoms with Gasteiger partial charge in [-0.05, 0) is 26.2 Å². The third kappa shape index (κ3) is 4.22. The Morgan fingerprint density at radius 2 is 2.12 bits per heavy atom. The summed E-state index contributed by atoms with van der Waals surface area (Å²) in [5.41, 5.74) is -0.553. The van der Waals surface area contributed by atoms with Gasteiger partial charge in [-0.3, -0.25) is 4.79 Å². The Balaban J connectivity index is 2.40. The minimum Gasteiger partial charge on any atom is -0.481 e. The van der Waals surface area contributed by atoms with Crippen molar-refractivity contribution < 1.29 is 19.4 Å². The first-order valence-electron chi connectivity index (χ1n) is 5.77. The molecule has 0 aromatic carbocycles. The largest absolute Gasteiger partial charge is 0.481 e. The van der Waals surface area contributed by atoms with E-state index in [4.69, 9.17) is 9.84 Å². The van der Waals surface area contributed by atoms with Crippen molar-refractivity contribution in [2.45, 2.75) is 44.2 Å². The molecule has 0 aromatic rings. The maximum Gasteiger partial charge on any atom is 0.315 e. The van der Waals surface area contributed by atoms with Crippen molar-refractivity contribution >= 4 is 12.0 Å². The normalized spacial score (nSPS) is 18.9. The van der Waals surface area contributed by atoms with Crippen molar-refractivity contribution in [3.63, 3.8) is 0 Å². The van der Waals surface area contributed by atoms with Crippen LogP contribution in [-0.2, 0) is 9.53 Å². The molecule has 2 amide bonds. The molecule has 6 heteroatoms. The van der Waals surface area contributed by atoms with Gasteiger partial charge in [0.25, 0.3) is 0 Å². The number of carbonyl (C=O) groups is 2. The van der Waals surface area contributed by atoms with Crippen LogP contribution in [0.2, 0.25) is 0 Å². The fraction of sp³-hybridized carbons (Fsp3) is 0.818. The summed E-state index contributed by atoms with van der Waals surface area (Å²) in [5, 5.41) is 14.3. The summed E-state index contributed by atoms with van der Waals surface area (Å²) in [7, 11) is 1.56. The maximum absolute atomic E-state index is 11.6. The summed E-state index contributed by atoms with van der Waals surface area (Å²) in [6.07, 6.45) is 2.40. The molecule has 0 aliphatic heterocycles. The molecule has 0 radical (unpaired) electrons. The molecule has 0 bridgehead atoms. The van der Waals surface area contributed by atoms with Crippen LogP contribution in [0.5, 0.6) is 0 Å². The van der Waals surface area contributed by atoms with Crippen molar-refractivity contribution in [2.75, 3.05) is 13.7 Å². The van der Waals surface area contributed by atoms with Gasteiger partial charge in [0, 0.05) is 7.11 Å². The van der Waals surface area contributed by atoms with Crippen LogP contribution in [0.3, 0.4) is 0 Å². The van der Waals surface area contributed by atoms with Gasteiger partial charge in [-0.25, -0.2) is 4.79 Å². The third-order valence-corrected chi connectivity index (χ3v) is 2.97. The van der Waals surface area contributed by atoms with E-state index >= 15 is 0 Å². The number of aliphatic carboxylic acids is 1. The molecule has 6 nitrogen and oxygen atoms in total. The second-order valence-corrected chi connectivity index (χ2v) is 4.66. The minimum absolute atomic E-state index is 0.0148. The van der Waals surface area contributed by atoms with Crippen LogP contribution >= 0.6 is 0 Å². The number of rotatable bonds is 6. The Hall–Kier alpha value is -1.30. The van der Waals surface area contributed by atoms with Gasteiger partial charge < -0.3 is 20.5 Å². The number of urea groups is 1. The van der Waals surface area contributed by atoms with Gasteiger partial charge in [0.1, 0.15) is 0 Å². The Labute approximate surface area is 101 Å². The van der Waals surface area contributed by atoms with E-state index in [2.05, 4.69) is 10.6 Å². The number of amides is 2. The molecule has 1 saturated carbocycles. The summed E-state index contributed by atoms with van der Waals surface area (Å²) in [5.74, 6) is -0.880. The number of carboxylic acids is 1. The maximum atomic E-state index is 11.6. The van der Waals surface area contributed by atoms with E-state index in [-0.39, 0.29) is 18.5 Å². The van der Waals surface area contributed by atoms with Crippen LogP contribution < -0.4 is 10.6 Å². The van der Waals surface area contributed by atoms with Gasteiger partial charge in [0.2, 0.25) is 0 Å². The molecule has 17 heavy (non-hydrogen) atoms. The van der Waals surface area contributed by atoms with Crippen LogP contribution in [-0.4, -0.2) is 42.4 Å². The predicted molar refractivity (Wildman–Crippen MR) is 61.8 cm³/mol. The van der Waals surface area contributed by atoms with E-state index < -0.39 is 11.5 Å². The Kier molecular flexibility index (Phi) is 4.74.